The van der Waals surface area contributed by atoms with Crippen molar-refractivity contribution in [2.24, 2.45) is 0 Å². The van der Waals surface area contributed by atoms with Crippen molar-refractivity contribution >= 4 is 5.70 Å². The van der Waals surface area contributed by atoms with E-state index in [1.807, 2.05) is 0 Å². The van der Waals surface area contributed by atoms with Crippen LogP contribution in [0.2, 0.25) is 0 Å². The van der Waals surface area contributed by atoms with Crippen LogP contribution < -0.4 is 0 Å². The molecule has 0 aliphatic carbocycles. The Morgan fingerprint density at radius 2 is 2.00 bits per heavy atom. The molecule has 1 aliphatic rings. The lowest BCUT2D eigenvalue weighted by atomic mass is 10.1. The molecular formula is C13H17N. The molecule has 0 unspecified atom stereocenters. The van der Waals surface area contributed by atoms with Crippen LogP contribution in [0.4, 0.5) is 0 Å². The summed E-state index contributed by atoms with van der Waals surface area (Å²) in [7, 11) is 0. The number of rotatable bonds is 2. The average molecular weight is 187 g/mol. The van der Waals surface area contributed by atoms with E-state index in [1.54, 1.807) is 0 Å². The minimum Gasteiger partial charge on any atom is -0.372 e. The Morgan fingerprint density at radius 3 is 2.64 bits per heavy atom. The second kappa shape index (κ2) is 3.87. The summed E-state index contributed by atoms with van der Waals surface area (Å²) in [5, 5.41) is 0. The molecule has 0 aromatic heterocycles. The average Bonchev–Trinajstić information content (AvgIpc) is 2.69. The van der Waals surface area contributed by atoms with Gasteiger partial charge in [-0.1, -0.05) is 30.3 Å². The molecule has 1 saturated heterocycles. The van der Waals surface area contributed by atoms with E-state index in [-0.39, 0.29) is 0 Å². The minimum atomic E-state index is 1.17. The molecule has 1 aromatic carbocycles. The van der Waals surface area contributed by atoms with Gasteiger partial charge in [0, 0.05) is 18.8 Å². The molecule has 0 spiro atoms. The maximum absolute atomic E-state index is 4.17. The van der Waals surface area contributed by atoms with Gasteiger partial charge in [0.05, 0.1) is 0 Å². The first-order valence-corrected chi connectivity index (χ1v) is 5.28. The Kier molecular flexibility index (Phi) is 2.58. The fraction of sp³-hybridized carbons (Fsp3) is 0.385. The van der Waals surface area contributed by atoms with Gasteiger partial charge in [0.15, 0.2) is 0 Å². The fourth-order valence-electron chi connectivity index (χ4n) is 1.99. The summed E-state index contributed by atoms with van der Waals surface area (Å²) >= 11 is 0. The summed E-state index contributed by atoms with van der Waals surface area (Å²) in [5.74, 6) is 0. The van der Waals surface area contributed by atoms with Gasteiger partial charge < -0.3 is 4.90 Å². The number of likely N-dealkylation sites (tertiary alicyclic amines) is 1. The van der Waals surface area contributed by atoms with Gasteiger partial charge in [-0.2, -0.15) is 0 Å². The van der Waals surface area contributed by atoms with Crippen LogP contribution in [0, 0.1) is 6.92 Å². The molecule has 1 aromatic rings. The van der Waals surface area contributed by atoms with E-state index in [4.69, 9.17) is 0 Å². The van der Waals surface area contributed by atoms with Crippen molar-refractivity contribution in [2.45, 2.75) is 19.8 Å². The van der Waals surface area contributed by atoms with Gasteiger partial charge in [-0.3, -0.25) is 0 Å². The molecule has 74 valence electrons. The zero-order valence-electron chi connectivity index (χ0n) is 8.79. The number of hydrogen-bond acceptors (Lipinski definition) is 1. The molecule has 0 amide bonds. The first-order valence-electron chi connectivity index (χ1n) is 5.28. The SMILES string of the molecule is C=C(c1cccc(C)c1)N1CCCC1. The molecule has 0 N–H and O–H groups in total. The zero-order chi connectivity index (χ0) is 9.97. The quantitative estimate of drug-likeness (QED) is 0.687. The van der Waals surface area contributed by atoms with Crippen molar-refractivity contribution in [1.82, 2.24) is 4.90 Å². The Bertz CT molecular complexity index is 335. The Labute approximate surface area is 86.1 Å². The predicted octanol–water partition coefficient (Wildman–Crippen LogP) is 3.06. The largest absolute Gasteiger partial charge is 0.372 e. The van der Waals surface area contributed by atoms with Crippen LogP contribution in [0.5, 0.6) is 0 Å². The number of benzene rings is 1. The molecular weight excluding hydrogens is 170 g/mol. The van der Waals surface area contributed by atoms with Gasteiger partial charge in [0.2, 0.25) is 0 Å². The van der Waals surface area contributed by atoms with Gasteiger partial charge in [0.25, 0.3) is 0 Å². The topological polar surface area (TPSA) is 3.24 Å². The molecule has 0 radical (unpaired) electrons. The van der Waals surface area contributed by atoms with Crippen molar-refractivity contribution in [2.75, 3.05) is 13.1 Å². The molecule has 2 rings (SSSR count). The highest BCUT2D eigenvalue weighted by Gasteiger charge is 2.14. The van der Waals surface area contributed by atoms with Gasteiger partial charge in [0.1, 0.15) is 0 Å². The van der Waals surface area contributed by atoms with Gasteiger partial charge in [-0.15, -0.1) is 0 Å². The van der Waals surface area contributed by atoms with Crippen LogP contribution in [0.15, 0.2) is 30.8 Å². The van der Waals surface area contributed by atoms with E-state index in [0.717, 1.165) is 0 Å². The highest BCUT2D eigenvalue weighted by molar-refractivity contribution is 5.62. The Hall–Kier alpha value is -1.24. The Morgan fingerprint density at radius 1 is 1.29 bits per heavy atom. The second-order valence-electron chi connectivity index (χ2n) is 4.01. The summed E-state index contributed by atoms with van der Waals surface area (Å²) in [6, 6.07) is 8.58. The normalized spacial score (nSPS) is 15.9. The fourth-order valence-corrected chi connectivity index (χ4v) is 1.99. The monoisotopic (exact) mass is 187 g/mol. The van der Waals surface area contributed by atoms with Crippen LogP contribution >= 0.6 is 0 Å². The molecule has 1 aliphatic heterocycles. The van der Waals surface area contributed by atoms with Gasteiger partial charge >= 0.3 is 0 Å². The van der Waals surface area contributed by atoms with Crippen molar-refractivity contribution in [3.8, 4) is 0 Å². The number of hydrogen-bond donors (Lipinski definition) is 0. The molecule has 1 heteroatoms. The third-order valence-corrected chi connectivity index (χ3v) is 2.84. The van der Waals surface area contributed by atoms with Crippen LogP contribution in [-0.4, -0.2) is 18.0 Å². The highest BCUT2D eigenvalue weighted by atomic mass is 15.1. The summed E-state index contributed by atoms with van der Waals surface area (Å²) in [5.41, 5.74) is 3.76. The van der Waals surface area contributed by atoms with Crippen molar-refractivity contribution < 1.29 is 0 Å². The van der Waals surface area contributed by atoms with E-state index < -0.39 is 0 Å². The molecule has 0 atom stereocenters. The van der Waals surface area contributed by atoms with Crippen molar-refractivity contribution in [1.29, 1.82) is 0 Å². The molecule has 1 fully saturated rings. The van der Waals surface area contributed by atoms with Crippen molar-refractivity contribution in [3.63, 3.8) is 0 Å². The first-order chi connectivity index (χ1) is 6.77. The summed E-state index contributed by atoms with van der Waals surface area (Å²) in [4.78, 5) is 2.38. The Balaban J connectivity index is 2.17. The maximum Gasteiger partial charge on any atom is 0.0366 e. The third kappa shape index (κ3) is 1.82. The maximum atomic E-state index is 4.17. The van der Waals surface area contributed by atoms with Crippen molar-refractivity contribution in [3.05, 3.63) is 42.0 Å². The van der Waals surface area contributed by atoms with Crippen LogP contribution in [0.1, 0.15) is 24.0 Å². The molecule has 0 bridgehead atoms. The standard InChI is InChI=1S/C13H17N/c1-11-6-5-7-13(10-11)12(2)14-8-3-4-9-14/h5-7,10H,2-4,8-9H2,1H3. The summed E-state index contributed by atoms with van der Waals surface area (Å²) < 4.78 is 0. The molecule has 14 heavy (non-hydrogen) atoms. The van der Waals surface area contributed by atoms with Crippen LogP contribution in [-0.2, 0) is 0 Å². The lowest BCUT2D eigenvalue weighted by molar-refractivity contribution is 0.494. The van der Waals surface area contributed by atoms with E-state index >= 15 is 0 Å². The second-order valence-corrected chi connectivity index (χ2v) is 4.01. The molecule has 1 nitrogen and oxygen atoms in total. The van der Waals surface area contributed by atoms with E-state index in [2.05, 4.69) is 42.7 Å². The third-order valence-electron chi connectivity index (χ3n) is 2.84. The highest BCUT2D eigenvalue weighted by Crippen LogP contribution is 2.22. The van der Waals surface area contributed by atoms with Gasteiger partial charge in [-0.05, 0) is 31.4 Å². The van der Waals surface area contributed by atoms with E-state index in [0.29, 0.717) is 0 Å². The smallest absolute Gasteiger partial charge is 0.0366 e. The zero-order valence-corrected chi connectivity index (χ0v) is 8.79. The van der Waals surface area contributed by atoms with Crippen LogP contribution in [0.25, 0.3) is 5.70 Å². The first kappa shape index (κ1) is 9.32. The van der Waals surface area contributed by atoms with Crippen LogP contribution in [0.3, 0.4) is 0 Å². The lowest BCUT2D eigenvalue weighted by Gasteiger charge is -2.20. The van der Waals surface area contributed by atoms with Gasteiger partial charge in [-0.25, -0.2) is 0 Å². The summed E-state index contributed by atoms with van der Waals surface area (Å²) in [6.45, 7) is 8.65. The molecule has 1 heterocycles. The number of nitrogens with zero attached hydrogens (tertiary/aromatic N) is 1. The number of aryl methyl sites for hydroxylation is 1. The van der Waals surface area contributed by atoms with E-state index in [9.17, 15) is 0 Å². The van der Waals surface area contributed by atoms with E-state index in [1.165, 1.54) is 42.8 Å². The minimum absolute atomic E-state index is 1.17. The predicted molar refractivity (Wildman–Crippen MR) is 61.0 cm³/mol. The lowest BCUT2D eigenvalue weighted by Crippen LogP contribution is -2.16. The molecule has 0 saturated carbocycles. The summed E-state index contributed by atoms with van der Waals surface area (Å²) in [6.07, 6.45) is 2.62.